The number of fused-ring (bicyclic) bond motifs is 1. The first-order chi connectivity index (χ1) is 11.5. The fourth-order valence-corrected chi connectivity index (χ4v) is 2.97. The first-order valence-corrected chi connectivity index (χ1v) is 8.38. The van der Waals surface area contributed by atoms with Crippen molar-refractivity contribution in [3.63, 3.8) is 0 Å². The van der Waals surface area contributed by atoms with E-state index < -0.39 is 0 Å². The largest absolute Gasteiger partial charge is 0.339 e. The molecule has 3 aromatic rings. The summed E-state index contributed by atoms with van der Waals surface area (Å²) < 4.78 is 2.07. The number of aryl methyl sites for hydroxylation is 1. The van der Waals surface area contributed by atoms with Crippen LogP contribution in [-0.2, 0) is 0 Å². The topological polar surface area (TPSA) is 29.3 Å². The summed E-state index contributed by atoms with van der Waals surface area (Å²) in [6.45, 7) is 8.16. The Labute approximate surface area is 148 Å². The average molecular weight is 335 g/mol. The van der Waals surface area contributed by atoms with E-state index in [0.29, 0.717) is 0 Å². The van der Waals surface area contributed by atoms with Crippen LogP contribution in [0.3, 0.4) is 0 Å². The summed E-state index contributed by atoms with van der Waals surface area (Å²) in [4.78, 5) is 5.66. The van der Waals surface area contributed by atoms with Crippen LogP contribution in [0.5, 0.6) is 0 Å². The van der Waals surface area contributed by atoms with Crippen molar-refractivity contribution in [1.82, 2.24) is 9.38 Å². The minimum Gasteiger partial charge on any atom is -0.339 e. The lowest BCUT2D eigenvalue weighted by Gasteiger charge is -2.13. The third-order valence-corrected chi connectivity index (χ3v) is 4.15. The van der Waals surface area contributed by atoms with Gasteiger partial charge in [-0.1, -0.05) is 53.7 Å². The van der Waals surface area contributed by atoms with Gasteiger partial charge >= 0.3 is 0 Å². The van der Waals surface area contributed by atoms with Gasteiger partial charge in [-0.25, -0.2) is 4.98 Å². The van der Waals surface area contributed by atoms with Crippen LogP contribution in [0, 0.1) is 6.92 Å². The van der Waals surface area contributed by atoms with Gasteiger partial charge in [0.1, 0.15) is 17.2 Å². The predicted octanol–water partition coefficient (Wildman–Crippen LogP) is 5.41. The molecular weight excluding hydrogens is 314 g/mol. The van der Waals surface area contributed by atoms with Gasteiger partial charge in [0.25, 0.3) is 0 Å². The minimum atomic E-state index is 0.843. The van der Waals surface area contributed by atoms with Crippen molar-refractivity contribution < 1.29 is 0 Å². The normalized spacial score (nSPS) is 10.7. The summed E-state index contributed by atoms with van der Waals surface area (Å²) >= 11 is 5.42. The number of hydrogen-bond acceptors (Lipinski definition) is 3. The third kappa shape index (κ3) is 3.10. The Hall–Kier alpha value is -2.46. The Morgan fingerprint density at radius 2 is 1.75 bits per heavy atom. The van der Waals surface area contributed by atoms with E-state index in [2.05, 4.69) is 54.8 Å². The minimum absolute atomic E-state index is 0.843. The molecule has 0 aliphatic carbocycles. The predicted molar refractivity (Wildman–Crippen MR) is 106 cm³/mol. The van der Waals surface area contributed by atoms with E-state index in [0.717, 1.165) is 38.9 Å². The van der Waals surface area contributed by atoms with Crippen LogP contribution in [0.25, 0.3) is 16.9 Å². The van der Waals surface area contributed by atoms with Gasteiger partial charge in [-0.05, 0) is 39.8 Å². The van der Waals surface area contributed by atoms with E-state index in [4.69, 9.17) is 17.2 Å². The molecule has 24 heavy (non-hydrogen) atoms. The van der Waals surface area contributed by atoms with Crippen molar-refractivity contribution in [2.75, 3.05) is 5.32 Å². The van der Waals surface area contributed by atoms with Crippen LogP contribution in [-0.4, -0.2) is 14.2 Å². The second-order valence-corrected chi connectivity index (χ2v) is 6.77. The summed E-state index contributed by atoms with van der Waals surface area (Å²) in [6.07, 6.45) is 2.02. The molecule has 3 rings (SSSR count). The van der Waals surface area contributed by atoms with E-state index >= 15 is 0 Å². The third-order valence-electron chi connectivity index (χ3n) is 3.95. The van der Waals surface area contributed by atoms with Crippen LogP contribution in [0.1, 0.15) is 26.3 Å². The maximum absolute atomic E-state index is 5.42. The van der Waals surface area contributed by atoms with Crippen molar-refractivity contribution in [2.24, 2.45) is 0 Å². The number of aromatic nitrogens is 2. The number of rotatable bonds is 4. The standard InChI is InChI=1S/C20H21N3S/c1-13(2)18(15(4)24)22-20-19(16-10-8-14(3)9-11-16)21-17-7-5-6-12-23(17)20/h5-12,22H,1-4H3. The summed E-state index contributed by atoms with van der Waals surface area (Å²) in [5.74, 6) is 0.940. The van der Waals surface area contributed by atoms with Gasteiger partial charge in [0.2, 0.25) is 0 Å². The fourth-order valence-electron chi connectivity index (χ4n) is 2.71. The highest BCUT2D eigenvalue weighted by molar-refractivity contribution is 7.80. The van der Waals surface area contributed by atoms with Crippen molar-refractivity contribution in [2.45, 2.75) is 27.7 Å². The van der Waals surface area contributed by atoms with E-state index in [1.54, 1.807) is 0 Å². The van der Waals surface area contributed by atoms with Crippen LogP contribution >= 0.6 is 12.2 Å². The number of nitrogens with zero attached hydrogens (tertiary/aromatic N) is 2. The molecule has 2 aromatic heterocycles. The molecule has 3 nitrogen and oxygen atoms in total. The number of benzene rings is 1. The number of thiocarbonyl (C=S) groups is 1. The maximum Gasteiger partial charge on any atom is 0.143 e. The quantitative estimate of drug-likeness (QED) is 0.511. The SMILES string of the molecule is CC(=S)C(Nc1c(-c2ccc(C)cc2)nc2ccccn12)=C(C)C. The average Bonchev–Trinajstić information content (AvgIpc) is 2.91. The zero-order valence-electron chi connectivity index (χ0n) is 14.4. The maximum atomic E-state index is 5.42. The Kier molecular flexibility index (Phi) is 4.49. The summed E-state index contributed by atoms with van der Waals surface area (Å²) in [6, 6.07) is 14.4. The van der Waals surface area contributed by atoms with E-state index in [-0.39, 0.29) is 0 Å². The van der Waals surface area contributed by atoms with Gasteiger partial charge in [-0.15, -0.1) is 0 Å². The molecule has 0 saturated carbocycles. The summed E-state index contributed by atoms with van der Waals surface area (Å²) in [7, 11) is 0. The van der Waals surface area contributed by atoms with Gasteiger partial charge in [0.15, 0.2) is 0 Å². The lowest BCUT2D eigenvalue weighted by molar-refractivity contribution is 1.17. The highest BCUT2D eigenvalue weighted by Crippen LogP contribution is 2.30. The molecule has 1 N–H and O–H groups in total. The van der Waals surface area contributed by atoms with Crippen molar-refractivity contribution in [1.29, 1.82) is 0 Å². The molecule has 0 saturated heterocycles. The zero-order chi connectivity index (χ0) is 17.3. The first kappa shape index (κ1) is 16.4. The molecule has 0 bridgehead atoms. The van der Waals surface area contributed by atoms with Crippen LogP contribution in [0.2, 0.25) is 0 Å². The second-order valence-electron chi connectivity index (χ2n) is 6.16. The molecule has 0 fully saturated rings. The Morgan fingerprint density at radius 3 is 2.38 bits per heavy atom. The number of hydrogen-bond donors (Lipinski definition) is 1. The second kappa shape index (κ2) is 6.57. The smallest absolute Gasteiger partial charge is 0.143 e. The molecule has 1 aromatic carbocycles. The Bertz CT molecular complexity index is 929. The van der Waals surface area contributed by atoms with Gasteiger partial charge in [-0.3, -0.25) is 4.40 Å². The van der Waals surface area contributed by atoms with Crippen molar-refractivity contribution >= 4 is 28.5 Å². The molecule has 0 spiro atoms. The van der Waals surface area contributed by atoms with Gasteiger partial charge in [0.05, 0.1) is 5.70 Å². The van der Waals surface area contributed by atoms with Crippen LogP contribution in [0.15, 0.2) is 59.9 Å². The molecule has 0 radical (unpaired) electrons. The number of imidazole rings is 1. The Balaban J connectivity index is 2.21. The van der Waals surface area contributed by atoms with E-state index in [1.807, 2.05) is 31.3 Å². The van der Waals surface area contributed by atoms with Crippen LogP contribution in [0.4, 0.5) is 5.82 Å². The molecule has 0 aliphatic heterocycles. The van der Waals surface area contributed by atoms with E-state index in [1.165, 1.54) is 5.56 Å². The van der Waals surface area contributed by atoms with Gasteiger partial charge < -0.3 is 5.32 Å². The lowest BCUT2D eigenvalue weighted by Crippen LogP contribution is -2.10. The highest BCUT2D eigenvalue weighted by Gasteiger charge is 2.16. The molecule has 0 atom stereocenters. The van der Waals surface area contributed by atoms with Crippen molar-refractivity contribution in [3.05, 3.63) is 65.5 Å². The lowest BCUT2D eigenvalue weighted by atomic mass is 10.1. The molecule has 0 unspecified atom stereocenters. The fraction of sp³-hybridized carbons (Fsp3) is 0.200. The van der Waals surface area contributed by atoms with Gasteiger partial charge in [-0.2, -0.15) is 0 Å². The van der Waals surface area contributed by atoms with Crippen LogP contribution < -0.4 is 5.32 Å². The molecule has 0 aliphatic rings. The number of anilines is 1. The van der Waals surface area contributed by atoms with Gasteiger partial charge in [0, 0.05) is 16.6 Å². The number of allylic oxidation sites excluding steroid dienone is 2. The molecule has 0 amide bonds. The number of nitrogens with one attached hydrogen (secondary N) is 1. The summed E-state index contributed by atoms with van der Waals surface area (Å²) in [5, 5.41) is 3.52. The molecule has 4 heteroatoms. The zero-order valence-corrected chi connectivity index (χ0v) is 15.2. The van der Waals surface area contributed by atoms with Crippen molar-refractivity contribution in [3.8, 4) is 11.3 Å². The Morgan fingerprint density at radius 1 is 1.04 bits per heavy atom. The van der Waals surface area contributed by atoms with E-state index in [9.17, 15) is 0 Å². The molecule has 122 valence electrons. The first-order valence-electron chi connectivity index (χ1n) is 7.97. The molecule has 2 heterocycles. The summed E-state index contributed by atoms with van der Waals surface area (Å²) in [5.41, 5.74) is 6.29. The number of pyridine rings is 1. The highest BCUT2D eigenvalue weighted by atomic mass is 32.1. The molecular formula is C20H21N3S. The monoisotopic (exact) mass is 335 g/mol.